The average Bonchev–Trinajstić information content (AvgIpc) is 3.51. The first-order valence-electron chi connectivity index (χ1n) is 16.9. The number of fused-ring (bicyclic) bond motifs is 1. The van der Waals surface area contributed by atoms with Crippen molar-refractivity contribution in [3.8, 4) is 0 Å². The Bertz CT molecular complexity index is 2520. The molecule has 1 aliphatic rings. The van der Waals surface area contributed by atoms with E-state index in [0.29, 0.717) is 78.7 Å². The summed E-state index contributed by atoms with van der Waals surface area (Å²) in [7, 11) is -5.31. The van der Waals surface area contributed by atoms with Crippen LogP contribution in [0.4, 0.5) is 5.69 Å². The third kappa shape index (κ3) is 22.9. The molecule has 1 heterocycles. The Hall–Kier alpha value is -1.15. The molecule has 0 fully saturated rings. The third-order valence-corrected chi connectivity index (χ3v) is 14.6. The lowest BCUT2D eigenvalue weighted by Gasteiger charge is -2.04. The van der Waals surface area contributed by atoms with Crippen LogP contribution in [-0.4, -0.2) is 30.4 Å². The first-order chi connectivity index (χ1) is 29.2. The van der Waals surface area contributed by atoms with Gasteiger partial charge in [0.25, 0.3) is 0 Å². The molecule has 0 radical (unpaired) electrons. The lowest BCUT2D eigenvalue weighted by Crippen LogP contribution is -2.15. The number of alkyl halides is 1. The van der Waals surface area contributed by atoms with Gasteiger partial charge in [0.15, 0.2) is 5.12 Å². The van der Waals surface area contributed by atoms with E-state index in [1.54, 1.807) is 72.8 Å². The molecule has 0 spiro atoms. The summed E-state index contributed by atoms with van der Waals surface area (Å²) < 4.78 is 67.6. The van der Waals surface area contributed by atoms with E-state index in [2.05, 4.69) is 33.8 Å². The molecule has 0 bridgehead atoms. The van der Waals surface area contributed by atoms with E-state index in [9.17, 15) is 30.0 Å². The van der Waals surface area contributed by atoms with Gasteiger partial charge in [-0.2, -0.15) is 0 Å². The maximum atomic E-state index is 11.1. The second-order valence-electron chi connectivity index (χ2n) is 11.8. The monoisotopic (exact) mass is 1200 g/mol. The number of sulfonamides is 2. The normalized spacial score (nSPS) is 12.0. The van der Waals surface area contributed by atoms with E-state index in [0.717, 1.165) is 11.1 Å². The molecule has 0 amide bonds. The van der Waals surface area contributed by atoms with Crippen molar-refractivity contribution in [2.24, 2.45) is 5.14 Å². The van der Waals surface area contributed by atoms with Crippen molar-refractivity contribution in [3.05, 3.63) is 177 Å². The Labute approximate surface area is 430 Å². The summed E-state index contributed by atoms with van der Waals surface area (Å²) in [4.78, 5) is 10.7. The van der Waals surface area contributed by atoms with Gasteiger partial charge < -0.3 is 0 Å². The summed E-state index contributed by atoms with van der Waals surface area (Å²) in [5, 5.41) is 10.00. The molecule has 1 aliphatic heterocycles. The molecular weight excluding hydrogens is 1170 g/mol. The van der Waals surface area contributed by atoms with E-state index < -0.39 is 29.1 Å². The van der Waals surface area contributed by atoms with E-state index >= 15 is 0 Å². The molecule has 5 aromatic rings. The van der Waals surface area contributed by atoms with Crippen LogP contribution in [0.1, 0.15) is 34.7 Å². The van der Waals surface area contributed by atoms with E-state index in [1.807, 2.05) is 18.2 Å². The number of primary sulfonamides is 1. The lowest BCUT2D eigenvalue weighted by molar-refractivity contribution is -0.109. The van der Waals surface area contributed by atoms with Crippen LogP contribution in [0.2, 0.25) is 45.2 Å². The summed E-state index contributed by atoms with van der Waals surface area (Å²) in [6.07, 6.45) is 0. The summed E-state index contributed by atoms with van der Waals surface area (Å²) in [5.74, 6) is -0.172. The number of rotatable bonds is 7. The van der Waals surface area contributed by atoms with Gasteiger partial charge in [-0.1, -0.05) is 162 Å². The number of benzene rings is 5. The Balaban J connectivity index is 0.000000391. The number of nitrogens with one attached hydrogen (secondary N) is 1. The van der Waals surface area contributed by atoms with Crippen LogP contribution in [0.3, 0.4) is 0 Å². The molecule has 0 saturated heterocycles. The molecule has 9 nitrogen and oxygen atoms in total. The molecule has 0 unspecified atom stereocenters. The molecule has 6 rings (SSSR count). The van der Waals surface area contributed by atoms with Gasteiger partial charge >= 0.3 is 0 Å². The van der Waals surface area contributed by atoms with Gasteiger partial charge in [-0.05, 0) is 71.8 Å². The highest BCUT2D eigenvalue weighted by atomic mass is 79.9. The van der Waals surface area contributed by atoms with Gasteiger partial charge in [0, 0.05) is 90.6 Å². The maximum Gasteiger partial charge on any atom is 0.237 e. The Morgan fingerprint density at radius 3 is 1.29 bits per heavy atom. The maximum absolute atomic E-state index is 11.1. The summed E-state index contributed by atoms with van der Waals surface area (Å²) in [5.41, 5.74) is 3.72. The van der Waals surface area contributed by atoms with Crippen LogP contribution in [0.5, 0.6) is 0 Å². The van der Waals surface area contributed by atoms with Gasteiger partial charge in [0.1, 0.15) is 0 Å². The van der Waals surface area contributed by atoms with Crippen molar-refractivity contribution in [1.29, 1.82) is 0 Å². The fourth-order valence-corrected chi connectivity index (χ4v) is 11.9. The molecule has 3 N–H and O–H groups in total. The zero-order valence-corrected chi connectivity index (χ0v) is 44.7. The average molecular weight is 1210 g/mol. The van der Waals surface area contributed by atoms with Crippen molar-refractivity contribution in [1.82, 2.24) is 0 Å². The van der Waals surface area contributed by atoms with Crippen molar-refractivity contribution in [3.63, 3.8) is 0 Å². The van der Waals surface area contributed by atoms with E-state index in [1.165, 1.54) is 18.7 Å². The van der Waals surface area contributed by atoms with Crippen LogP contribution >= 0.6 is 143 Å². The smallest absolute Gasteiger partial charge is 0.237 e. The number of carbonyl (C=O) groups is 1. The van der Waals surface area contributed by atoms with Crippen LogP contribution in [0, 0.1) is 0 Å². The van der Waals surface area contributed by atoms with Gasteiger partial charge in [-0.25, -0.2) is 30.4 Å². The van der Waals surface area contributed by atoms with Gasteiger partial charge in [-0.15, -0.1) is 13.2 Å². The first-order valence-corrected chi connectivity index (χ1v) is 28.2. The highest BCUT2D eigenvalue weighted by Crippen LogP contribution is 2.33. The Kier molecular flexibility index (Phi) is 27.5. The number of nitrogens with two attached hydrogens (primary N) is 1. The summed E-state index contributed by atoms with van der Waals surface area (Å²) >= 11 is 56.6. The molecule has 63 heavy (non-hydrogen) atoms. The number of anilines is 1. The topological polar surface area (TPSA) is 158 Å². The van der Waals surface area contributed by atoms with Crippen LogP contribution in [0.15, 0.2) is 104 Å². The Morgan fingerprint density at radius 2 is 0.968 bits per heavy atom. The predicted molar refractivity (Wildman–Crippen MR) is 275 cm³/mol. The number of hydrogen-bond acceptors (Lipinski definition) is 8. The zero-order chi connectivity index (χ0) is 48.3. The van der Waals surface area contributed by atoms with Crippen molar-refractivity contribution >= 4 is 183 Å². The molecule has 0 atom stereocenters. The Morgan fingerprint density at radius 1 is 0.635 bits per heavy atom. The summed E-state index contributed by atoms with van der Waals surface area (Å²) in [6, 6.07) is 25.4. The van der Waals surface area contributed by atoms with Gasteiger partial charge in [-0.3, -0.25) is 9.52 Å². The first kappa shape index (κ1) is 59.9. The van der Waals surface area contributed by atoms with Gasteiger partial charge in [0.05, 0.1) is 22.9 Å². The van der Waals surface area contributed by atoms with E-state index in [-0.39, 0.29) is 22.4 Å². The zero-order valence-electron chi connectivity index (χ0n) is 32.3. The number of thioether (sulfide) groups is 1. The number of halogens is 11. The quantitative estimate of drug-likeness (QED) is 0.0926. The minimum Gasteiger partial charge on any atom is -0.288 e. The number of carbonyl (C=O) groups excluding carboxylic acids is 1. The fraction of sp³-hybridized carbons (Fsp3) is 0.154. The minimum atomic E-state index is -3.62. The third-order valence-electron chi connectivity index (χ3n) is 7.18. The highest BCUT2D eigenvalue weighted by molar-refractivity contribution is 9.08. The SMILES string of the molecule is C=C.CC(=O)SCc1c(Cl)cccc1Cl.Clc1cccc(Cl)c1CBr.NS(=O)(=O)Cc1c(Cl)cccc1Cl.O=S(=O)(Cl)Cc1c(Cl)cccc1Cl.O=S1(=O)Cc2c(Cl)cccc2N1. The van der Waals surface area contributed by atoms with Crippen molar-refractivity contribution < 1.29 is 30.0 Å². The fourth-order valence-electron chi connectivity index (χ4n) is 4.41. The van der Waals surface area contributed by atoms with Crippen LogP contribution < -0.4 is 9.86 Å². The molecule has 24 heteroatoms. The van der Waals surface area contributed by atoms with E-state index in [4.69, 9.17) is 120 Å². The molecule has 0 aliphatic carbocycles. The highest BCUT2D eigenvalue weighted by Gasteiger charge is 2.25. The van der Waals surface area contributed by atoms with Crippen LogP contribution in [0.25, 0.3) is 0 Å². The molecule has 344 valence electrons. The standard InChI is InChI=1S/C9H8Cl2OS.C7H5BrCl2.C7H5Cl3O2S.C7H7Cl2NO2S.C7H6ClNO2S.C2H4/c1-6(12)13-5-7-8(10)3-2-4-9(7)11;8-4-5-6(9)2-1-3-7(5)10;2*8-6-2-1-3-7(9)5(6)4-13(10,11)12;8-6-2-1-3-7-5(6)4-12(10,11)9-7;1-2/h2-4H,5H2,1H3;1-3H,4H2;1-3H,4H2;1-3H,4H2,(H2,10,11,12);1-3,9H,4H2;1-2H2. The molecule has 0 aromatic heterocycles. The van der Waals surface area contributed by atoms with Crippen molar-refractivity contribution in [2.45, 2.75) is 35.3 Å². The summed E-state index contributed by atoms with van der Waals surface area (Å²) in [6.45, 7) is 7.52. The largest absolute Gasteiger partial charge is 0.288 e. The molecule has 5 aromatic carbocycles. The van der Waals surface area contributed by atoms with Gasteiger partial charge in [0.2, 0.25) is 29.1 Å². The predicted octanol–water partition coefficient (Wildman–Crippen LogP) is 14.9. The van der Waals surface area contributed by atoms with Crippen molar-refractivity contribution in [2.75, 3.05) is 4.72 Å². The number of hydrogen-bond donors (Lipinski definition) is 2. The minimum absolute atomic E-state index is 0.0119. The second-order valence-corrected chi connectivity index (χ2v) is 23.3. The van der Waals surface area contributed by atoms with Crippen LogP contribution in [-0.2, 0) is 62.2 Å². The molecular formula is C39H35BrCl10N2O7S4. The molecule has 0 saturated carbocycles. The second kappa shape index (κ2) is 28.9. The lowest BCUT2D eigenvalue weighted by atomic mass is 10.2.